The Morgan fingerprint density at radius 3 is 3.23 bits per heavy atom. The summed E-state index contributed by atoms with van der Waals surface area (Å²) in [5.41, 5.74) is 3.48. The van der Waals surface area contributed by atoms with Crippen LogP contribution < -0.4 is 0 Å². The topological polar surface area (TPSA) is 72.9 Å². The second kappa shape index (κ2) is 7.29. The minimum absolute atomic E-state index is 0.0486. The predicted octanol–water partition coefficient (Wildman–Crippen LogP) is 2.86. The van der Waals surface area contributed by atoms with E-state index in [1.165, 1.54) is 12.7 Å². The Morgan fingerprint density at radius 1 is 1.41 bits per heavy atom. The molecule has 0 saturated carbocycles. The molecule has 1 atom stereocenters. The molecule has 22 heavy (non-hydrogen) atoms. The van der Waals surface area contributed by atoms with E-state index in [1.807, 2.05) is 25.2 Å². The number of aromatic nitrogens is 4. The van der Waals surface area contributed by atoms with Gasteiger partial charge in [-0.15, -0.1) is 0 Å². The molecule has 1 aliphatic heterocycles. The lowest BCUT2D eigenvalue weighted by Gasteiger charge is -2.22. The highest BCUT2D eigenvalue weighted by Gasteiger charge is 2.13. The fourth-order valence-electron chi connectivity index (χ4n) is 2.33. The third-order valence-electron chi connectivity index (χ3n) is 3.52. The summed E-state index contributed by atoms with van der Waals surface area (Å²) in [6, 6.07) is 0. The first-order valence-corrected chi connectivity index (χ1v) is 7.54. The van der Waals surface area contributed by atoms with Crippen LogP contribution in [0.1, 0.15) is 31.9 Å². The summed E-state index contributed by atoms with van der Waals surface area (Å²) in [6.07, 6.45) is 12.3. The van der Waals surface area contributed by atoms with E-state index in [-0.39, 0.29) is 6.29 Å². The maximum absolute atomic E-state index is 5.74. The molecule has 6 nitrogen and oxygen atoms in total. The quantitative estimate of drug-likeness (QED) is 0.860. The molecule has 1 aliphatic rings. The van der Waals surface area contributed by atoms with E-state index in [0.717, 1.165) is 36.2 Å². The lowest BCUT2D eigenvalue weighted by molar-refractivity contribution is -0.156. The average Bonchev–Trinajstić information content (AvgIpc) is 3.03. The smallest absolute Gasteiger partial charge is 0.181 e. The summed E-state index contributed by atoms with van der Waals surface area (Å²) in [4.78, 5) is 15.5. The summed E-state index contributed by atoms with van der Waals surface area (Å²) in [7, 11) is 0. The van der Waals surface area contributed by atoms with Crippen LogP contribution in [0.5, 0.6) is 0 Å². The zero-order chi connectivity index (χ0) is 15.2. The van der Waals surface area contributed by atoms with Crippen molar-refractivity contribution in [1.29, 1.82) is 0 Å². The van der Waals surface area contributed by atoms with E-state index < -0.39 is 0 Å². The Morgan fingerprint density at radius 2 is 2.36 bits per heavy atom. The van der Waals surface area contributed by atoms with Gasteiger partial charge in [-0.25, -0.2) is 15.0 Å². The Labute approximate surface area is 129 Å². The molecule has 0 amide bonds. The van der Waals surface area contributed by atoms with E-state index >= 15 is 0 Å². The number of imidazole rings is 1. The maximum Gasteiger partial charge on any atom is 0.181 e. The monoisotopic (exact) mass is 300 g/mol. The number of ether oxygens (including phenoxy) is 2. The molecule has 0 bridgehead atoms. The van der Waals surface area contributed by atoms with Crippen LogP contribution in [0.2, 0.25) is 0 Å². The number of H-pyrrole nitrogens is 1. The van der Waals surface area contributed by atoms with Crippen LogP contribution in [-0.4, -0.2) is 39.4 Å². The van der Waals surface area contributed by atoms with Gasteiger partial charge in [-0.1, -0.05) is 12.2 Å². The van der Waals surface area contributed by atoms with Crippen LogP contribution >= 0.6 is 0 Å². The third-order valence-corrected chi connectivity index (χ3v) is 3.52. The lowest BCUT2D eigenvalue weighted by atomic mass is 10.2. The van der Waals surface area contributed by atoms with Gasteiger partial charge in [0.2, 0.25) is 0 Å². The van der Waals surface area contributed by atoms with Gasteiger partial charge in [0.25, 0.3) is 0 Å². The largest absolute Gasteiger partial charge is 0.353 e. The predicted molar refractivity (Wildman–Crippen MR) is 84.0 cm³/mol. The molecule has 1 saturated heterocycles. The zero-order valence-corrected chi connectivity index (χ0v) is 12.7. The van der Waals surface area contributed by atoms with Crippen molar-refractivity contribution in [2.24, 2.45) is 0 Å². The van der Waals surface area contributed by atoms with Crippen molar-refractivity contribution in [2.45, 2.75) is 32.5 Å². The van der Waals surface area contributed by atoms with Crippen LogP contribution in [0.4, 0.5) is 0 Å². The lowest BCUT2D eigenvalue weighted by Crippen LogP contribution is -2.22. The van der Waals surface area contributed by atoms with E-state index in [4.69, 9.17) is 9.47 Å². The summed E-state index contributed by atoms with van der Waals surface area (Å²) >= 11 is 0. The number of rotatable bonds is 5. The fourth-order valence-corrected chi connectivity index (χ4v) is 2.33. The third kappa shape index (κ3) is 3.78. The number of fused-ring (bicyclic) bond motifs is 1. The Kier molecular flexibility index (Phi) is 4.92. The Bertz CT molecular complexity index is 672. The van der Waals surface area contributed by atoms with Crippen LogP contribution in [0.25, 0.3) is 17.2 Å². The number of aromatic amines is 1. The van der Waals surface area contributed by atoms with Crippen LogP contribution in [0.15, 0.2) is 30.4 Å². The molecule has 2 aromatic rings. The molecule has 116 valence electrons. The van der Waals surface area contributed by atoms with Crippen molar-refractivity contribution in [2.75, 3.05) is 13.2 Å². The van der Waals surface area contributed by atoms with Crippen LogP contribution in [0.3, 0.4) is 0 Å². The number of hydrogen-bond acceptors (Lipinski definition) is 5. The summed E-state index contributed by atoms with van der Waals surface area (Å²) in [5, 5.41) is 0. The molecule has 1 N–H and O–H groups in total. The Hall–Kier alpha value is -2.05. The highest BCUT2D eigenvalue weighted by atomic mass is 16.7. The van der Waals surface area contributed by atoms with Gasteiger partial charge >= 0.3 is 0 Å². The summed E-state index contributed by atoms with van der Waals surface area (Å²) in [6.45, 7) is 3.43. The van der Waals surface area contributed by atoms with E-state index in [1.54, 1.807) is 6.33 Å². The van der Waals surface area contributed by atoms with Gasteiger partial charge in [-0.3, -0.25) is 0 Å². The van der Waals surface area contributed by atoms with Gasteiger partial charge in [0.05, 0.1) is 18.6 Å². The molecule has 1 unspecified atom stereocenters. The fraction of sp³-hybridized carbons (Fsp3) is 0.438. The molecule has 0 aliphatic carbocycles. The van der Waals surface area contributed by atoms with Crippen molar-refractivity contribution in [1.82, 2.24) is 19.9 Å². The molecule has 2 aromatic heterocycles. The number of hydrogen-bond donors (Lipinski definition) is 1. The van der Waals surface area contributed by atoms with Crippen molar-refractivity contribution in [3.05, 3.63) is 36.1 Å². The first-order chi connectivity index (χ1) is 10.8. The SMILES string of the molecule is C/C(=C\C=C/c1ncnc2nc[nH]c12)COC1CCCCO1. The first-order valence-electron chi connectivity index (χ1n) is 7.54. The molecule has 6 heteroatoms. The molecule has 0 spiro atoms. The Balaban J connectivity index is 1.56. The van der Waals surface area contributed by atoms with Gasteiger partial charge in [0, 0.05) is 6.61 Å². The number of allylic oxidation sites excluding steroid dienone is 2. The average molecular weight is 300 g/mol. The molecule has 3 rings (SSSR count). The van der Waals surface area contributed by atoms with Crippen LogP contribution in [0, 0.1) is 0 Å². The summed E-state index contributed by atoms with van der Waals surface area (Å²) in [5.74, 6) is 0. The standard InChI is InChI=1S/C16H20N4O2/c1-12(9-22-14-7-2-3-8-21-14)5-4-6-13-15-16(19-10-17-13)20-11-18-15/h4-6,10-11,14H,2-3,7-9H2,1H3,(H,17,18,19,20)/b6-4-,12-5+. The van der Waals surface area contributed by atoms with Crippen molar-refractivity contribution in [3.8, 4) is 0 Å². The van der Waals surface area contributed by atoms with Gasteiger partial charge < -0.3 is 14.5 Å². The molecule has 0 radical (unpaired) electrons. The molecule has 3 heterocycles. The van der Waals surface area contributed by atoms with E-state index in [9.17, 15) is 0 Å². The van der Waals surface area contributed by atoms with Crippen molar-refractivity contribution < 1.29 is 9.47 Å². The zero-order valence-electron chi connectivity index (χ0n) is 12.7. The summed E-state index contributed by atoms with van der Waals surface area (Å²) < 4.78 is 11.3. The normalized spacial score (nSPS) is 20.0. The van der Waals surface area contributed by atoms with Gasteiger partial charge in [0.15, 0.2) is 11.9 Å². The van der Waals surface area contributed by atoms with E-state index in [0.29, 0.717) is 12.3 Å². The minimum Gasteiger partial charge on any atom is -0.353 e. The van der Waals surface area contributed by atoms with Crippen molar-refractivity contribution in [3.63, 3.8) is 0 Å². The van der Waals surface area contributed by atoms with Crippen LogP contribution in [-0.2, 0) is 9.47 Å². The molecule has 0 aromatic carbocycles. The van der Waals surface area contributed by atoms with Gasteiger partial charge in [-0.05, 0) is 37.8 Å². The number of nitrogens with one attached hydrogen (secondary N) is 1. The molecular weight excluding hydrogens is 280 g/mol. The first kappa shape index (κ1) is 14.9. The molecular formula is C16H20N4O2. The van der Waals surface area contributed by atoms with Crippen molar-refractivity contribution >= 4 is 17.2 Å². The van der Waals surface area contributed by atoms with Gasteiger partial charge in [0.1, 0.15) is 11.8 Å². The van der Waals surface area contributed by atoms with Gasteiger partial charge in [-0.2, -0.15) is 0 Å². The second-order valence-electron chi connectivity index (χ2n) is 5.34. The highest BCUT2D eigenvalue weighted by molar-refractivity contribution is 5.79. The highest BCUT2D eigenvalue weighted by Crippen LogP contribution is 2.15. The molecule has 1 fully saturated rings. The maximum atomic E-state index is 5.74. The second-order valence-corrected chi connectivity index (χ2v) is 5.34. The number of nitrogens with zero attached hydrogens (tertiary/aromatic N) is 3. The van der Waals surface area contributed by atoms with E-state index in [2.05, 4.69) is 19.9 Å². The minimum atomic E-state index is -0.0486.